The van der Waals surface area contributed by atoms with Crippen LogP contribution in [0.15, 0.2) is 12.1 Å². The summed E-state index contributed by atoms with van der Waals surface area (Å²) in [6.45, 7) is 6.71. The second-order valence-electron chi connectivity index (χ2n) is 6.30. The Bertz CT molecular complexity index is 426. The first kappa shape index (κ1) is 15.4. The minimum absolute atomic E-state index is 0.811. The number of ether oxygens (including phenoxy) is 1. The van der Waals surface area contributed by atoms with Crippen LogP contribution in [-0.4, -0.2) is 13.7 Å². The van der Waals surface area contributed by atoms with E-state index in [1.54, 1.807) is 12.7 Å². The number of hydrogen-bond acceptors (Lipinski definition) is 2. The van der Waals surface area contributed by atoms with Gasteiger partial charge in [-0.3, -0.25) is 0 Å². The highest BCUT2D eigenvalue weighted by atomic mass is 16.5. The molecule has 0 radical (unpaired) electrons. The van der Waals surface area contributed by atoms with Gasteiger partial charge in [-0.2, -0.15) is 0 Å². The molecule has 20 heavy (non-hydrogen) atoms. The quantitative estimate of drug-likeness (QED) is 0.756. The minimum atomic E-state index is 0.811. The van der Waals surface area contributed by atoms with E-state index in [1.807, 2.05) is 0 Å². The standard InChI is InChI=1S/C18H29NO/c1-14(2)7-6-12-19-13-15-10-11-18(20-3)17-9-5-4-8-16(15)17/h10-11,14,19H,4-9,12-13H2,1-3H3. The maximum Gasteiger partial charge on any atom is 0.122 e. The minimum Gasteiger partial charge on any atom is -0.496 e. The molecular formula is C18H29NO. The highest BCUT2D eigenvalue weighted by Gasteiger charge is 2.17. The number of fused-ring (bicyclic) bond motifs is 1. The van der Waals surface area contributed by atoms with Crippen LogP contribution in [0.25, 0.3) is 0 Å². The Morgan fingerprint density at radius 1 is 1.15 bits per heavy atom. The average Bonchev–Trinajstić information content (AvgIpc) is 2.46. The molecule has 112 valence electrons. The van der Waals surface area contributed by atoms with Crippen molar-refractivity contribution in [2.24, 2.45) is 5.92 Å². The fourth-order valence-electron chi connectivity index (χ4n) is 3.12. The van der Waals surface area contributed by atoms with Crippen molar-refractivity contribution in [1.29, 1.82) is 0 Å². The summed E-state index contributed by atoms with van der Waals surface area (Å²) in [7, 11) is 1.79. The Hall–Kier alpha value is -1.02. The van der Waals surface area contributed by atoms with Gasteiger partial charge in [0.1, 0.15) is 5.75 Å². The topological polar surface area (TPSA) is 21.3 Å². The summed E-state index contributed by atoms with van der Waals surface area (Å²) in [4.78, 5) is 0. The highest BCUT2D eigenvalue weighted by Crippen LogP contribution is 2.32. The van der Waals surface area contributed by atoms with Crippen LogP contribution < -0.4 is 10.1 Å². The van der Waals surface area contributed by atoms with E-state index in [9.17, 15) is 0 Å². The fraction of sp³-hybridized carbons (Fsp3) is 0.667. The third kappa shape index (κ3) is 3.99. The van der Waals surface area contributed by atoms with Gasteiger partial charge < -0.3 is 10.1 Å². The first-order chi connectivity index (χ1) is 9.72. The summed E-state index contributed by atoms with van der Waals surface area (Å²) in [5.41, 5.74) is 4.48. The van der Waals surface area contributed by atoms with Gasteiger partial charge in [-0.1, -0.05) is 19.9 Å². The van der Waals surface area contributed by atoms with Crippen molar-refractivity contribution in [1.82, 2.24) is 5.32 Å². The average molecular weight is 275 g/mol. The molecule has 0 spiro atoms. The van der Waals surface area contributed by atoms with Gasteiger partial charge in [0.05, 0.1) is 7.11 Å². The van der Waals surface area contributed by atoms with Crippen molar-refractivity contribution in [3.05, 3.63) is 28.8 Å². The molecule has 0 atom stereocenters. The summed E-state index contributed by atoms with van der Waals surface area (Å²) in [6.07, 6.45) is 7.61. The molecule has 0 heterocycles. The lowest BCUT2D eigenvalue weighted by Gasteiger charge is -2.22. The molecule has 1 aromatic rings. The van der Waals surface area contributed by atoms with Gasteiger partial charge in [0.15, 0.2) is 0 Å². The van der Waals surface area contributed by atoms with E-state index in [-0.39, 0.29) is 0 Å². The molecule has 0 unspecified atom stereocenters. The van der Waals surface area contributed by atoms with Crippen molar-refractivity contribution in [2.45, 2.75) is 58.9 Å². The van der Waals surface area contributed by atoms with Crippen LogP contribution >= 0.6 is 0 Å². The third-order valence-electron chi connectivity index (χ3n) is 4.26. The molecule has 0 fully saturated rings. The van der Waals surface area contributed by atoms with Crippen LogP contribution in [-0.2, 0) is 19.4 Å². The Labute approximate surface area is 123 Å². The molecule has 0 saturated carbocycles. The molecule has 0 aromatic heterocycles. The zero-order valence-corrected chi connectivity index (χ0v) is 13.3. The first-order valence-corrected chi connectivity index (χ1v) is 8.10. The van der Waals surface area contributed by atoms with Crippen molar-refractivity contribution >= 4 is 0 Å². The van der Waals surface area contributed by atoms with Gasteiger partial charge in [0.2, 0.25) is 0 Å². The summed E-state index contributed by atoms with van der Waals surface area (Å²) >= 11 is 0. The third-order valence-corrected chi connectivity index (χ3v) is 4.26. The SMILES string of the molecule is COc1ccc(CNCCCC(C)C)c2c1CCCC2. The van der Waals surface area contributed by atoms with Crippen molar-refractivity contribution in [3.8, 4) is 5.75 Å². The van der Waals surface area contributed by atoms with Gasteiger partial charge in [-0.05, 0) is 73.7 Å². The number of nitrogens with one attached hydrogen (secondary N) is 1. The van der Waals surface area contributed by atoms with Crippen LogP contribution in [0.1, 0.15) is 56.2 Å². The molecule has 2 heteroatoms. The molecule has 0 aliphatic heterocycles. The second kappa shape index (κ2) is 7.68. The lowest BCUT2D eigenvalue weighted by Crippen LogP contribution is -2.18. The molecule has 2 nitrogen and oxygen atoms in total. The monoisotopic (exact) mass is 275 g/mol. The van der Waals surface area contributed by atoms with Crippen LogP contribution in [0.4, 0.5) is 0 Å². The normalized spacial score (nSPS) is 14.4. The maximum atomic E-state index is 5.52. The zero-order valence-electron chi connectivity index (χ0n) is 13.3. The second-order valence-corrected chi connectivity index (χ2v) is 6.30. The lowest BCUT2D eigenvalue weighted by atomic mass is 9.87. The Morgan fingerprint density at radius 2 is 1.90 bits per heavy atom. The molecule has 1 N–H and O–H groups in total. The van der Waals surface area contributed by atoms with Crippen molar-refractivity contribution < 1.29 is 4.74 Å². The largest absolute Gasteiger partial charge is 0.496 e. The van der Waals surface area contributed by atoms with Crippen LogP contribution in [0.5, 0.6) is 5.75 Å². The van der Waals surface area contributed by atoms with Crippen LogP contribution in [0, 0.1) is 5.92 Å². The van der Waals surface area contributed by atoms with Crippen LogP contribution in [0.2, 0.25) is 0 Å². The van der Waals surface area contributed by atoms with Crippen molar-refractivity contribution in [2.75, 3.05) is 13.7 Å². The Balaban J connectivity index is 1.94. The van der Waals surface area contributed by atoms with Gasteiger partial charge in [0.25, 0.3) is 0 Å². The summed E-state index contributed by atoms with van der Waals surface area (Å²) in [5.74, 6) is 1.90. The van der Waals surface area contributed by atoms with E-state index >= 15 is 0 Å². The Morgan fingerprint density at radius 3 is 2.60 bits per heavy atom. The molecular weight excluding hydrogens is 246 g/mol. The summed E-state index contributed by atoms with van der Waals surface area (Å²) in [5, 5.41) is 3.60. The van der Waals surface area contributed by atoms with Gasteiger partial charge in [0, 0.05) is 6.54 Å². The molecule has 0 amide bonds. The molecule has 1 aromatic carbocycles. The molecule has 2 rings (SSSR count). The van der Waals surface area contributed by atoms with E-state index in [0.717, 1.165) is 24.8 Å². The Kier molecular flexibility index (Phi) is 5.90. The molecule has 0 bridgehead atoms. The van der Waals surface area contributed by atoms with E-state index in [0.29, 0.717) is 0 Å². The number of rotatable bonds is 7. The fourth-order valence-corrected chi connectivity index (χ4v) is 3.12. The maximum absolute atomic E-state index is 5.52. The number of benzene rings is 1. The zero-order chi connectivity index (χ0) is 14.4. The van der Waals surface area contributed by atoms with Crippen molar-refractivity contribution in [3.63, 3.8) is 0 Å². The molecule has 0 saturated heterocycles. The molecule has 1 aliphatic rings. The van der Waals surface area contributed by atoms with Gasteiger partial charge >= 0.3 is 0 Å². The van der Waals surface area contributed by atoms with E-state index in [1.165, 1.54) is 49.7 Å². The predicted molar refractivity (Wildman–Crippen MR) is 85.4 cm³/mol. The number of methoxy groups -OCH3 is 1. The summed E-state index contributed by atoms with van der Waals surface area (Å²) < 4.78 is 5.52. The van der Waals surface area contributed by atoms with Gasteiger partial charge in [-0.25, -0.2) is 0 Å². The summed E-state index contributed by atoms with van der Waals surface area (Å²) in [6, 6.07) is 4.40. The van der Waals surface area contributed by atoms with Crippen LogP contribution in [0.3, 0.4) is 0 Å². The highest BCUT2D eigenvalue weighted by molar-refractivity contribution is 5.46. The lowest BCUT2D eigenvalue weighted by molar-refractivity contribution is 0.405. The smallest absolute Gasteiger partial charge is 0.122 e. The van der Waals surface area contributed by atoms with E-state index in [2.05, 4.69) is 31.3 Å². The predicted octanol–water partition coefficient (Wildman–Crippen LogP) is 4.10. The number of hydrogen-bond donors (Lipinski definition) is 1. The molecule has 1 aliphatic carbocycles. The van der Waals surface area contributed by atoms with E-state index in [4.69, 9.17) is 4.74 Å². The van der Waals surface area contributed by atoms with Gasteiger partial charge in [-0.15, -0.1) is 0 Å². The van der Waals surface area contributed by atoms with E-state index < -0.39 is 0 Å². The first-order valence-electron chi connectivity index (χ1n) is 8.10.